The van der Waals surface area contributed by atoms with E-state index in [4.69, 9.17) is 0 Å². The van der Waals surface area contributed by atoms with Crippen molar-refractivity contribution in [1.82, 2.24) is 15.5 Å². The van der Waals surface area contributed by atoms with Crippen LogP contribution >= 0.6 is 35.7 Å². The molecule has 1 aromatic carbocycles. The number of rotatable bonds is 10. The molecule has 0 aromatic heterocycles. The number of thioether (sulfide) groups is 1. The molecule has 7 heteroatoms. The molecule has 0 amide bonds. The lowest BCUT2D eigenvalue weighted by atomic mass is 10.4. The number of hydrogen-bond donors (Lipinski definition) is 2. The monoisotopic (exact) mass is 468 g/mol. The first kappa shape index (κ1) is 23.5. The Morgan fingerprint density at radius 2 is 1.88 bits per heavy atom. The van der Waals surface area contributed by atoms with Gasteiger partial charge in [0.15, 0.2) is 5.96 Å². The van der Waals surface area contributed by atoms with Crippen molar-refractivity contribution in [2.45, 2.75) is 24.7 Å². The van der Waals surface area contributed by atoms with Gasteiger partial charge in [0.2, 0.25) is 0 Å². The second-order valence-electron chi connectivity index (χ2n) is 5.50. The molecule has 24 heavy (non-hydrogen) atoms. The van der Waals surface area contributed by atoms with Gasteiger partial charge in [0, 0.05) is 24.5 Å². The van der Waals surface area contributed by atoms with Crippen LogP contribution in [0.25, 0.3) is 0 Å². The van der Waals surface area contributed by atoms with Crippen LogP contribution in [0, 0.1) is 5.82 Å². The Kier molecular flexibility index (Phi) is 14.4. The van der Waals surface area contributed by atoms with Gasteiger partial charge in [0.05, 0.1) is 0 Å². The number of nitrogens with one attached hydrogen (secondary N) is 2. The first-order chi connectivity index (χ1) is 11.1. The number of nitrogens with zero attached hydrogens (tertiary/aromatic N) is 2. The van der Waals surface area contributed by atoms with Gasteiger partial charge in [0.25, 0.3) is 0 Å². The lowest BCUT2D eigenvalue weighted by Crippen LogP contribution is -2.38. The van der Waals surface area contributed by atoms with E-state index < -0.39 is 0 Å². The highest BCUT2D eigenvalue weighted by molar-refractivity contribution is 14.0. The summed E-state index contributed by atoms with van der Waals surface area (Å²) in [6.45, 7) is 5.72. The largest absolute Gasteiger partial charge is 0.357 e. The molecule has 138 valence electrons. The molecule has 0 fully saturated rings. The van der Waals surface area contributed by atoms with Crippen molar-refractivity contribution in [2.24, 2.45) is 4.99 Å². The zero-order valence-electron chi connectivity index (χ0n) is 14.8. The normalized spacial score (nSPS) is 11.3. The Labute approximate surface area is 167 Å². The SMILES string of the molecule is CCNC(=NCCCSc1ccc(F)cc1)NCCCN(C)C.I. The summed E-state index contributed by atoms with van der Waals surface area (Å²) >= 11 is 1.74. The predicted molar refractivity (Wildman–Crippen MR) is 114 cm³/mol. The molecule has 0 aliphatic carbocycles. The molecule has 2 N–H and O–H groups in total. The average molecular weight is 468 g/mol. The standard InChI is InChI=1S/C17H29FN4S.HI/c1-4-19-17(20-11-5-13-22(2)3)21-12-6-14-23-16-9-7-15(18)8-10-16;/h7-10H,4-6,11-14H2,1-3H3,(H2,19,20,21);1H. The average Bonchev–Trinajstić information content (AvgIpc) is 2.52. The Morgan fingerprint density at radius 1 is 1.17 bits per heavy atom. The van der Waals surface area contributed by atoms with Crippen molar-refractivity contribution in [2.75, 3.05) is 46.0 Å². The fraction of sp³-hybridized carbons (Fsp3) is 0.588. The van der Waals surface area contributed by atoms with Gasteiger partial charge in [-0.1, -0.05) is 0 Å². The molecule has 0 aliphatic rings. The minimum Gasteiger partial charge on any atom is -0.357 e. The lowest BCUT2D eigenvalue weighted by Gasteiger charge is -2.13. The van der Waals surface area contributed by atoms with E-state index in [0.29, 0.717) is 0 Å². The molecule has 0 saturated carbocycles. The second-order valence-corrected chi connectivity index (χ2v) is 6.67. The van der Waals surface area contributed by atoms with Crippen LogP contribution in [-0.2, 0) is 0 Å². The van der Waals surface area contributed by atoms with E-state index in [1.54, 1.807) is 11.8 Å². The van der Waals surface area contributed by atoms with Crippen LogP contribution in [-0.4, -0.2) is 56.9 Å². The van der Waals surface area contributed by atoms with Gasteiger partial charge >= 0.3 is 0 Å². The van der Waals surface area contributed by atoms with Crippen molar-refractivity contribution >= 4 is 41.7 Å². The first-order valence-corrected chi connectivity index (χ1v) is 9.15. The fourth-order valence-corrected chi connectivity index (χ4v) is 2.76. The maximum absolute atomic E-state index is 12.8. The molecule has 0 atom stereocenters. The maximum atomic E-state index is 12.8. The van der Waals surface area contributed by atoms with Gasteiger partial charge in [-0.3, -0.25) is 4.99 Å². The quantitative estimate of drug-likeness (QED) is 0.182. The van der Waals surface area contributed by atoms with Crippen molar-refractivity contribution in [3.8, 4) is 0 Å². The molecule has 1 rings (SSSR count). The topological polar surface area (TPSA) is 39.7 Å². The van der Waals surface area contributed by atoms with Crippen molar-refractivity contribution in [3.63, 3.8) is 0 Å². The van der Waals surface area contributed by atoms with E-state index in [0.717, 1.165) is 55.6 Å². The summed E-state index contributed by atoms with van der Waals surface area (Å²) in [5, 5.41) is 6.62. The molecule has 0 unspecified atom stereocenters. The molecule has 0 radical (unpaired) electrons. The van der Waals surface area contributed by atoms with E-state index in [9.17, 15) is 4.39 Å². The first-order valence-electron chi connectivity index (χ1n) is 8.17. The lowest BCUT2D eigenvalue weighted by molar-refractivity contribution is 0.399. The Hall–Kier alpha value is -0.540. The summed E-state index contributed by atoms with van der Waals surface area (Å²) in [7, 11) is 4.16. The third kappa shape index (κ3) is 11.9. The van der Waals surface area contributed by atoms with E-state index in [1.807, 2.05) is 12.1 Å². The van der Waals surface area contributed by atoms with Crippen LogP contribution in [0.15, 0.2) is 34.2 Å². The summed E-state index contributed by atoms with van der Waals surface area (Å²) in [6, 6.07) is 6.64. The van der Waals surface area contributed by atoms with Gasteiger partial charge < -0.3 is 15.5 Å². The molecule has 0 aliphatic heterocycles. The van der Waals surface area contributed by atoms with Gasteiger partial charge in [0.1, 0.15) is 5.82 Å². The maximum Gasteiger partial charge on any atom is 0.191 e. The highest BCUT2D eigenvalue weighted by Crippen LogP contribution is 2.18. The molecule has 0 bridgehead atoms. The zero-order chi connectivity index (χ0) is 16.9. The minimum atomic E-state index is -0.186. The van der Waals surface area contributed by atoms with E-state index in [2.05, 4.69) is 41.5 Å². The highest BCUT2D eigenvalue weighted by atomic mass is 127. The molecular weight excluding hydrogens is 438 g/mol. The number of guanidine groups is 1. The van der Waals surface area contributed by atoms with Crippen LogP contribution in [0.2, 0.25) is 0 Å². The minimum absolute atomic E-state index is 0. The molecule has 0 saturated heterocycles. The summed E-state index contributed by atoms with van der Waals surface area (Å²) < 4.78 is 12.8. The fourth-order valence-electron chi connectivity index (χ4n) is 1.92. The number of aliphatic imine (C=N–C) groups is 1. The Balaban J connectivity index is 0.00000529. The second kappa shape index (κ2) is 14.8. The number of benzene rings is 1. The van der Waals surface area contributed by atoms with Crippen LogP contribution in [0.1, 0.15) is 19.8 Å². The molecule has 4 nitrogen and oxygen atoms in total. The Morgan fingerprint density at radius 3 is 2.50 bits per heavy atom. The summed E-state index contributed by atoms with van der Waals surface area (Å²) in [4.78, 5) is 7.86. The molecule has 0 heterocycles. The summed E-state index contributed by atoms with van der Waals surface area (Å²) in [5.74, 6) is 1.68. The molecule has 0 spiro atoms. The smallest absolute Gasteiger partial charge is 0.191 e. The third-order valence-corrected chi connectivity index (χ3v) is 4.17. The van der Waals surface area contributed by atoms with E-state index in [-0.39, 0.29) is 29.8 Å². The van der Waals surface area contributed by atoms with Gasteiger partial charge in [-0.2, -0.15) is 0 Å². The van der Waals surface area contributed by atoms with Crippen LogP contribution in [0.5, 0.6) is 0 Å². The van der Waals surface area contributed by atoms with E-state index >= 15 is 0 Å². The third-order valence-electron chi connectivity index (χ3n) is 3.07. The van der Waals surface area contributed by atoms with Crippen LogP contribution < -0.4 is 10.6 Å². The number of hydrogen-bond acceptors (Lipinski definition) is 3. The van der Waals surface area contributed by atoms with Gasteiger partial charge in [-0.05, 0) is 70.4 Å². The zero-order valence-corrected chi connectivity index (χ0v) is 18.0. The molecular formula is C17H30FIN4S. The molecule has 1 aromatic rings. The summed E-state index contributed by atoms with van der Waals surface area (Å²) in [6.07, 6.45) is 2.09. The van der Waals surface area contributed by atoms with Crippen LogP contribution in [0.3, 0.4) is 0 Å². The summed E-state index contributed by atoms with van der Waals surface area (Å²) in [5.41, 5.74) is 0. The van der Waals surface area contributed by atoms with Crippen molar-refractivity contribution < 1.29 is 4.39 Å². The Bertz CT molecular complexity index is 454. The van der Waals surface area contributed by atoms with Crippen LogP contribution in [0.4, 0.5) is 4.39 Å². The van der Waals surface area contributed by atoms with Gasteiger partial charge in [-0.25, -0.2) is 4.39 Å². The number of halogens is 2. The van der Waals surface area contributed by atoms with Gasteiger partial charge in [-0.15, -0.1) is 35.7 Å². The van der Waals surface area contributed by atoms with Crippen molar-refractivity contribution in [1.29, 1.82) is 0 Å². The van der Waals surface area contributed by atoms with E-state index in [1.165, 1.54) is 12.1 Å². The highest BCUT2D eigenvalue weighted by Gasteiger charge is 1.98. The van der Waals surface area contributed by atoms with Crippen molar-refractivity contribution in [3.05, 3.63) is 30.1 Å². The predicted octanol–water partition coefficient (Wildman–Crippen LogP) is 3.43.